The van der Waals surface area contributed by atoms with Crippen LogP contribution in [0.2, 0.25) is 0 Å². The predicted molar refractivity (Wildman–Crippen MR) is 66.6 cm³/mol. The summed E-state index contributed by atoms with van der Waals surface area (Å²) in [6.45, 7) is 0.457. The number of aryl methyl sites for hydroxylation is 1. The van der Waals surface area contributed by atoms with Crippen LogP contribution in [0.4, 0.5) is 13.2 Å². The molecule has 0 bridgehead atoms. The van der Waals surface area contributed by atoms with Gasteiger partial charge in [0.05, 0.1) is 6.61 Å². The van der Waals surface area contributed by atoms with Gasteiger partial charge in [0, 0.05) is 19.0 Å². The molecule has 0 aliphatic carbocycles. The number of hydrogen-bond acceptors (Lipinski definition) is 2. The van der Waals surface area contributed by atoms with Crippen molar-refractivity contribution in [2.24, 2.45) is 0 Å². The molecule has 7 heteroatoms. The molecule has 4 nitrogen and oxygen atoms in total. The minimum atomic E-state index is -4.54. The number of halogens is 3. The molecular weight excluding hydrogens is 273 g/mol. The van der Waals surface area contributed by atoms with Gasteiger partial charge in [0.15, 0.2) is 0 Å². The Morgan fingerprint density at radius 3 is 2.50 bits per heavy atom. The maximum atomic E-state index is 12.4. The zero-order valence-corrected chi connectivity index (χ0v) is 10.5. The van der Waals surface area contributed by atoms with Gasteiger partial charge in [-0.05, 0) is 12.1 Å². The molecule has 108 valence electrons. The highest BCUT2D eigenvalue weighted by atomic mass is 19.4. The summed E-state index contributed by atoms with van der Waals surface area (Å²) in [6, 6.07) is 9.61. The zero-order valence-electron chi connectivity index (χ0n) is 10.5. The van der Waals surface area contributed by atoms with E-state index in [0.29, 0.717) is 24.8 Å². The molecule has 0 fully saturated rings. The summed E-state index contributed by atoms with van der Waals surface area (Å²) in [5.74, 6) is 0.683. The smallest absolute Gasteiger partial charge is 0.432 e. The van der Waals surface area contributed by atoms with Gasteiger partial charge in [-0.15, -0.1) is 0 Å². The molecule has 1 aromatic carbocycles. The largest absolute Gasteiger partial charge is 0.494 e. The molecule has 0 aliphatic heterocycles. The number of nitrogens with one attached hydrogen (secondary N) is 1. The summed E-state index contributed by atoms with van der Waals surface area (Å²) in [4.78, 5) is 11.3. The van der Waals surface area contributed by atoms with Crippen LogP contribution in [0.1, 0.15) is 12.1 Å². The van der Waals surface area contributed by atoms with Crippen LogP contribution in [-0.2, 0) is 12.7 Å². The first-order valence-corrected chi connectivity index (χ1v) is 6.02. The first-order valence-electron chi connectivity index (χ1n) is 6.02. The lowest BCUT2D eigenvalue weighted by atomic mass is 10.3. The Labute approximate surface area is 112 Å². The summed E-state index contributed by atoms with van der Waals surface area (Å²) in [5, 5.41) is 2.04. The van der Waals surface area contributed by atoms with Crippen molar-refractivity contribution < 1.29 is 17.9 Å². The molecule has 0 saturated carbocycles. The van der Waals surface area contributed by atoms with Crippen molar-refractivity contribution in [1.29, 1.82) is 0 Å². The molecule has 2 rings (SSSR count). The van der Waals surface area contributed by atoms with Crippen LogP contribution in [0.3, 0.4) is 0 Å². The third kappa shape index (κ3) is 3.66. The third-order valence-electron chi connectivity index (χ3n) is 2.63. The minimum Gasteiger partial charge on any atom is -0.494 e. The maximum Gasteiger partial charge on any atom is 0.432 e. The van der Waals surface area contributed by atoms with Crippen molar-refractivity contribution in [3.63, 3.8) is 0 Å². The van der Waals surface area contributed by atoms with Gasteiger partial charge in [0.25, 0.3) is 5.56 Å². The van der Waals surface area contributed by atoms with Gasteiger partial charge < -0.3 is 4.74 Å². The maximum absolute atomic E-state index is 12.4. The Hall–Kier alpha value is -2.18. The molecule has 0 spiro atoms. The second-order valence-electron chi connectivity index (χ2n) is 4.17. The topological polar surface area (TPSA) is 47.0 Å². The van der Waals surface area contributed by atoms with E-state index >= 15 is 0 Å². The highest BCUT2D eigenvalue weighted by Crippen LogP contribution is 2.26. The molecule has 0 aliphatic rings. The second kappa shape index (κ2) is 5.85. The van der Waals surface area contributed by atoms with Gasteiger partial charge in [0.2, 0.25) is 0 Å². The van der Waals surface area contributed by atoms with Crippen LogP contribution >= 0.6 is 0 Å². The number of benzene rings is 1. The lowest BCUT2D eigenvalue weighted by molar-refractivity contribution is -0.141. The molecule has 0 atom stereocenters. The zero-order chi connectivity index (χ0) is 14.6. The molecule has 20 heavy (non-hydrogen) atoms. The molecule has 1 N–H and O–H groups in total. The Balaban J connectivity index is 1.86. The van der Waals surface area contributed by atoms with E-state index in [9.17, 15) is 18.0 Å². The lowest BCUT2D eigenvalue weighted by Crippen LogP contribution is -2.17. The summed E-state index contributed by atoms with van der Waals surface area (Å²) in [7, 11) is 0. The Morgan fingerprint density at radius 1 is 1.20 bits per heavy atom. The van der Waals surface area contributed by atoms with Crippen LogP contribution < -0.4 is 10.3 Å². The van der Waals surface area contributed by atoms with Crippen LogP contribution in [-0.4, -0.2) is 16.4 Å². The van der Waals surface area contributed by atoms with Gasteiger partial charge in [-0.2, -0.15) is 13.2 Å². The van der Waals surface area contributed by atoms with E-state index in [2.05, 4.69) is 0 Å². The number of para-hydroxylation sites is 1. The fourth-order valence-corrected chi connectivity index (χ4v) is 1.67. The van der Waals surface area contributed by atoms with Gasteiger partial charge in [-0.3, -0.25) is 14.6 Å². The molecule has 2 aromatic rings. The monoisotopic (exact) mass is 286 g/mol. The van der Waals surface area contributed by atoms with E-state index in [4.69, 9.17) is 4.74 Å². The van der Waals surface area contributed by atoms with Crippen molar-refractivity contribution >= 4 is 0 Å². The highest BCUT2D eigenvalue weighted by Gasteiger charge is 2.33. The second-order valence-corrected chi connectivity index (χ2v) is 4.17. The molecular formula is C13H13F3N2O2. The number of aromatic nitrogens is 2. The van der Waals surface area contributed by atoms with Crippen LogP contribution in [0.15, 0.2) is 41.2 Å². The lowest BCUT2D eigenvalue weighted by Gasteiger charge is -2.06. The number of H-pyrrole nitrogens is 1. The third-order valence-corrected chi connectivity index (χ3v) is 2.63. The van der Waals surface area contributed by atoms with E-state index in [1.165, 1.54) is 0 Å². The van der Waals surface area contributed by atoms with Gasteiger partial charge >= 0.3 is 6.18 Å². The number of hydrogen-bond donors (Lipinski definition) is 1. The van der Waals surface area contributed by atoms with E-state index in [1.54, 1.807) is 12.1 Å². The quantitative estimate of drug-likeness (QED) is 0.859. The predicted octanol–water partition coefficient (Wildman–Crippen LogP) is 2.66. The van der Waals surface area contributed by atoms with E-state index < -0.39 is 17.4 Å². The molecule has 1 heterocycles. The molecule has 0 saturated heterocycles. The van der Waals surface area contributed by atoms with Gasteiger partial charge in [0.1, 0.15) is 11.4 Å². The van der Waals surface area contributed by atoms with Crippen molar-refractivity contribution in [3.8, 4) is 5.75 Å². The molecule has 1 aromatic heterocycles. The van der Waals surface area contributed by atoms with Crippen molar-refractivity contribution in [2.75, 3.05) is 6.61 Å². The number of rotatable bonds is 5. The molecule has 0 radical (unpaired) electrons. The number of ether oxygens (including phenoxy) is 1. The fraction of sp³-hybridized carbons (Fsp3) is 0.308. The summed E-state index contributed by atoms with van der Waals surface area (Å²) >= 11 is 0. The number of nitrogens with zero attached hydrogens (tertiary/aromatic N) is 1. The Bertz CT molecular complexity index is 602. The highest BCUT2D eigenvalue weighted by molar-refractivity contribution is 5.20. The van der Waals surface area contributed by atoms with Crippen LogP contribution in [0, 0.1) is 0 Å². The molecule has 0 unspecified atom stereocenters. The summed E-state index contributed by atoms with van der Waals surface area (Å²) in [6.07, 6.45) is -4.11. The summed E-state index contributed by atoms with van der Waals surface area (Å²) in [5.41, 5.74) is -1.73. The van der Waals surface area contributed by atoms with Crippen LogP contribution in [0.25, 0.3) is 0 Å². The number of aromatic amines is 1. The minimum absolute atomic E-state index is 0.141. The Kier molecular flexibility index (Phi) is 4.16. The van der Waals surface area contributed by atoms with E-state index in [1.807, 2.05) is 23.3 Å². The van der Waals surface area contributed by atoms with Crippen molar-refractivity contribution in [2.45, 2.75) is 19.1 Å². The normalized spacial score (nSPS) is 11.6. The fourth-order valence-electron chi connectivity index (χ4n) is 1.67. The standard InChI is InChI=1S/C13H13F3N2O2/c14-13(15,16)11-9-12(19)18(17-11)7-4-8-20-10-5-2-1-3-6-10/h1-3,5-6,9,17H,4,7-8H2. The number of alkyl halides is 3. The SMILES string of the molecule is O=c1cc(C(F)(F)F)[nH]n1CCCOc1ccccc1. The van der Waals surface area contributed by atoms with Gasteiger partial charge in [-0.1, -0.05) is 18.2 Å². The van der Waals surface area contributed by atoms with E-state index in [0.717, 1.165) is 4.68 Å². The first-order chi connectivity index (χ1) is 9.47. The first kappa shape index (κ1) is 14.2. The average molecular weight is 286 g/mol. The van der Waals surface area contributed by atoms with Crippen LogP contribution in [0.5, 0.6) is 5.75 Å². The van der Waals surface area contributed by atoms with Crippen molar-refractivity contribution in [3.05, 3.63) is 52.4 Å². The van der Waals surface area contributed by atoms with Gasteiger partial charge in [-0.25, -0.2) is 0 Å². The average Bonchev–Trinajstić information content (AvgIpc) is 2.77. The van der Waals surface area contributed by atoms with Crippen molar-refractivity contribution in [1.82, 2.24) is 9.78 Å². The molecule has 0 amide bonds. The van der Waals surface area contributed by atoms with E-state index in [-0.39, 0.29) is 6.54 Å². The Morgan fingerprint density at radius 2 is 1.90 bits per heavy atom. The summed E-state index contributed by atoms with van der Waals surface area (Å²) < 4.78 is 43.5.